The van der Waals surface area contributed by atoms with Crippen molar-refractivity contribution in [3.8, 4) is 45.6 Å². The molecule has 25 nitrogen and oxygen atoms in total. The second-order valence-corrected chi connectivity index (χ2v) is 30.7. The number of carboxylic acids is 1. The number of carbonyl (C=O) groups is 3. The first-order valence-electron chi connectivity index (χ1n) is 32.6. The molecule has 100 heavy (non-hydrogen) atoms. The highest BCUT2D eigenvalue weighted by Gasteiger charge is 2.25. The number of halogens is 4. The monoisotopic (exact) mass is 1460 g/mol. The van der Waals surface area contributed by atoms with Crippen LogP contribution in [0.15, 0.2) is 120 Å². The number of carbonyl (C=O) groups excluding carboxylic acids is 2. The Bertz CT molecular complexity index is 4520. The summed E-state index contributed by atoms with van der Waals surface area (Å²) in [5, 5.41) is 26.8. The fourth-order valence-corrected chi connectivity index (χ4v) is 10.4. The van der Waals surface area contributed by atoms with E-state index in [-0.39, 0.29) is 23.7 Å². The number of Topliss-reactive ketones (excluding diaryl/α,β-unsaturated/α-hetero) is 1. The van der Waals surface area contributed by atoms with Crippen LogP contribution in [0, 0.1) is 48.5 Å². The first-order chi connectivity index (χ1) is 47.5. The molecule has 2 saturated heterocycles. The number of aliphatic carboxylic acids is 1. The number of esters is 1. The average molecular weight is 1470 g/mol. The summed E-state index contributed by atoms with van der Waals surface area (Å²) < 4.78 is 18.8. The number of hydrogen-bond donors (Lipinski definition) is 5. The number of nitrogen functional groups attached to an aromatic ring is 1. The van der Waals surface area contributed by atoms with Crippen LogP contribution < -0.4 is 21.5 Å². The van der Waals surface area contributed by atoms with Crippen molar-refractivity contribution in [3.63, 3.8) is 0 Å². The number of nitrogens with one attached hydrogen (secondary N) is 3. The summed E-state index contributed by atoms with van der Waals surface area (Å²) in [6.45, 7) is 25.2. The molecule has 30 heteroatoms. The quantitative estimate of drug-likeness (QED) is 0.0367. The highest BCUT2D eigenvalue weighted by Crippen LogP contribution is 2.61. The molecular weight excluding hydrogens is 1380 g/mol. The van der Waals surface area contributed by atoms with Crippen molar-refractivity contribution >= 4 is 97.3 Å². The van der Waals surface area contributed by atoms with Crippen molar-refractivity contribution in [1.29, 1.82) is 0 Å². The molecular formula is C70H87Cl4N18O7P. The van der Waals surface area contributed by atoms with Crippen LogP contribution in [-0.2, 0) is 23.7 Å². The van der Waals surface area contributed by atoms with E-state index in [9.17, 15) is 18.9 Å². The van der Waals surface area contributed by atoms with E-state index >= 15 is 0 Å². The molecule has 9 heterocycles. The van der Waals surface area contributed by atoms with E-state index < -0.39 is 17.1 Å². The fraction of sp³-hybridized carbons (Fsp3) is 0.371. The molecule has 13 rings (SSSR count). The number of aromatic nitrogens is 15. The van der Waals surface area contributed by atoms with Gasteiger partial charge in [-0.1, -0.05) is 151 Å². The van der Waals surface area contributed by atoms with Crippen molar-refractivity contribution in [1.82, 2.24) is 79.2 Å². The van der Waals surface area contributed by atoms with E-state index in [0.29, 0.717) is 58.3 Å². The Hall–Kier alpha value is -8.97. The Kier molecular flexibility index (Phi) is 31.3. The van der Waals surface area contributed by atoms with Gasteiger partial charge in [-0.3, -0.25) is 33.9 Å². The van der Waals surface area contributed by atoms with Crippen molar-refractivity contribution in [2.75, 3.05) is 30.3 Å². The van der Waals surface area contributed by atoms with Gasteiger partial charge in [0.1, 0.15) is 23.2 Å². The summed E-state index contributed by atoms with van der Waals surface area (Å²) in [7, 11) is 0. The molecule has 11 aromatic rings. The summed E-state index contributed by atoms with van der Waals surface area (Å²) in [5.74, 6) is 4.30. The number of carboxylic acid groups (broad SMARTS) is 1. The predicted molar refractivity (Wildman–Crippen MR) is 397 cm³/mol. The van der Waals surface area contributed by atoms with E-state index in [1.165, 1.54) is 91.2 Å². The minimum Gasteiger partial charge on any atom is -0.481 e. The third-order valence-electron chi connectivity index (χ3n) is 15.0. The maximum atomic E-state index is 11.8. The topological polar surface area (TPSA) is 330 Å². The van der Waals surface area contributed by atoms with Crippen molar-refractivity contribution in [3.05, 3.63) is 170 Å². The molecule has 6 N–H and O–H groups in total. The maximum absolute atomic E-state index is 11.8. The minimum atomic E-state index is -3.22. The van der Waals surface area contributed by atoms with Crippen molar-refractivity contribution < 1.29 is 28.8 Å². The molecule has 0 spiro atoms. The Morgan fingerprint density at radius 1 is 0.610 bits per heavy atom. The molecule has 0 radical (unpaired) electrons. The minimum absolute atomic E-state index is 0.103. The summed E-state index contributed by atoms with van der Waals surface area (Å²) >= 11 is 20.0. The van der Waals surface area contributed by atoms with E-state index in [1.54, 1.807) is 24.4 Å². The lowest BCUT2D eigenvalue weighted by Gasteiger charge is -2.36. The Labute approximate surface area is 600 Å². The van der Waals surface area contributed by atoms with Crippen LogP contribution in [0.5, 0.6) is 0 Å². The van der Waals surface area contributed by atoms with Crippen LogP contribution in [0.4, 0.5) is 11.8 Å². The lowest BCUT2D eigenvalue weighted by atomic mass is 10.00. The second-order valence-electron chi connectivity index (χ2n) is 23.6. The van der Waals surface area contributed by atoms with Gasteiger partial charge in [0.15, 0.2) is 23.3 Å². The average Bonchev–Trinajstić information content (AvgIpc) is 1.61. The van der Waals surface area contributed by atoms with E-state index in [2.05, 4.69) is 150 Å². The number of nitrogens with two attached hydrogens (primary N) is 1. The lowest BCUT2D eigenvalue weighted by Crippen LogP contribution is -2.40. The third-order valence-corrected chi connectivity index (χ3v) is 15.3. The van der Waals surface area contributed by atoms with Crippen molar-refractivity contribution in [2.45, 2.75) is 153 Å². The number of anilines is 2. The number of nitrogens with zero attached hydrogens (tertiary/aromatic N) is 14. The van der Waals surface area contributed by atoms with Gasteiger partial charge >= 0.3 is 11.2 Å². The molecule has 0 saturated carbocycles. The number of fused-ring (bicyclic) bond motifs is 3. The number of piperidine rings is 2. The highest BCUT2D eigenvalue weighted by molar-refractivity contribution is 8.24. The first kappa shape index (κ1) is 80.0. The Morgan fingerprint density at radius 3 is 1.54 bits per heavy atom. The smallest absolute Gasteiger partial charge is 0.339 e. The van der Waals surface area contributed by atoms with Gasteiger partial charge in [0, 0.05) is 77.0 Å². The zero-order valence-electron chi connectivity index (χ0n) is 58.3. The zero-order chi connectivity index (χ0) is 73.2. The normalized spacial score (nSPS) is 13.9. The largest absolute Gasteiger partial charge is 0.481 e. The highest BCUT2D eigenvalue weighted by atomic mass is 36.0. The summed E-state index contributed by atoms with van der Waals surface area (Å²) in [4.78, 5) is 74.5. The number of ether oxygens (including phenoxy) is 1. The van der Waals surface area contributed by atoms with Gasteiger partial charge in [-0.15, -0.1) is 15.3 Å². The Morgan fingerprint density at radius 2 is 1.08 bits per heavy atom. The van der Waals surface area contributed by atoms with Crippen LogP contribution in [0.3, 0.4) is 0 Å². The van der Waals surface area contributed by atoms with E-state index in [1.807, 2.05) is 112 Å². The van der Waals surface area contributed by atoms with Crippen LogP contribution in [-0.4, -0.2) is 129 Å². The fourth-order valence-electron chi connectivity index (χ4n) is 10.1. The molecule has 0 bridgehead atoms. The van der Waals surface area contributed by atoms with Crippen LogP contribution in [0.1, 0.15) is 132 Å². The van der Waals surface area contributed by atoms with Gasteiger partial charge in [-0.2, -0.15) is 33.5 Å². The van der Waals surface area contributed by atoms with E-state index in [0.717, 1.165) is 71.2 Å². The van der Waals surface area contributed by atoms with Gasteiger partial charge in [-0.05, 0) is 154 Å². The van der Waals surface area contributed by atoms with Gasteiger partial charge in [0.05, 0.1) is 6.61 Å². The number of ketones is 1. The van der Waals surface area contributed by atoms with Gasteiger partial charge in [0.25, 0.3) is 28.9 Å². The second kappa shape index (κ2) is 39.1. The third kappa shape index (κ3) is 26.3. The Balaban J connectivity index is 0.000000191. The van der Waals surface area contributed by atoms with E-state index in [4.69, 9.17) is 37.3 Å². The molecule has 7 aromatic heterocycles. The zero-order valence-corrected chi connectivity index (χ0v) is 62.2. The molecule has 4 aromatic carbocycles. The predicted octanol–water partition coefficient (Wildman–Crippen LogP) is 15.3. The SMILES string of the molecule is CC(=O)O.CCC1CCCCN1.CCC1CCCCN1c1cc(C)nc2nc(-c3ccc(C)cc3)nn12.CCOC(=O)CC(C)=O.Cc1ccc(-c2nc(N)n[nH]2)cc1.Cc1ccc(-c2nc3nc(C)cc(=O)n3[nH]2)cc1.Cc1ccc(-c2nc3nc(C)cc(Cl)n3n2)cc1.O=P(Cl)(Cl)Cl. The van der Waals surface area contributed by atoms with Crippen LogP contribution in [0.25, 0.3) is 62.9 Å². The van der Waals surface area contributed by atoms with Gasteiger partial charge < -0.3 is 25.8 Å². The molecule has 2 aliphatic heterocycles. The first-order valence-corrected chi connectivity index (χ1v) is 37.4. The number of rotatable bonds is 10. The molecule has 0 amide bonds. The van der Waals surface area contributed by atoms with Gasteiger partial charge in [0.2, 0.25) is 5.95 Å². The van der Waals surface area contributed by atoms with Gasteiger partial charge in [-0.25, -0.2) is 15.0 Å². The number of aromatic amines is 2. The van der Waals surface area contributed by atoms with Crippen LogP contribution >= 0.6 is 50.5 Å². The summed E-state index contributed by atoms with van der Waals surface area (Å²) in [5.41, 5.74) is 16.5. The lowest BCUT2D eigenvalue weighted by molar-refractivity contribution is -0.145. The molecule has 532 valence electrons. The van der Waals surface area contributed by atoms with Crippen LogP contribution in [0.2, 0.25) is 5.15 Å². The molecule has 2 fully saturated rings. The number of H-pyrrole nitrogens is 2. The molecule has 2 aliphatic rings. The number of benzene rings is 4. The summed E-state index contributed by atoms with van der Waals surface area (Å²) in [6, 6.07) is 39.1. The van der Waals surface area contributed by atoms with Crippen molar-refractivity contribution in [2.24, 2.45) is 0 Å². The number of aryl methyl sites for hydroxylation is 7. The summed E-state index contributed by atoms with van der Waals surface area (Å²) in [6.07, 6.45) is 10.4. The standard InChI is InChI=1S/C20H25N5.C13H11ClN4.C13H12N4O.C9H10N4.C7H15N.C6H10O3.C2H4O2.Cl3OP/c1-4-17-7-5-6-12-24(17)18-13-15(3)21-20-22-19(23-25(18)20)16-10-8-14(2)9-11-16;1-8-3-5-10(6-4-8)12-16-13-15-9(2)7-11(14)18(13)17-12;1-8-3-5-10(6-4-8)12-15-13-14-9(2)7-11(18)17(13)16-12;1-6-2-4-7(5-3-6)8-11-9(10)13-12-8;1-2-7-5-3-4-6-8-7;1-3-9-6(8)4-5(2)7;1-2(3)4;1-5(2,3)4/h8-11,13,17H,4-7,12H2,1-3H3;3-7H,1-2H3;3-7H,1-2H3,(H,14,15,16);2-5H,1H3,(H3,10,11,12,13);7-8H,2-6H2,1H3;3-4H2,1-2H3;1H3,(H,3,4);. The molecule has 2 atom stereocenters. The molecule has 2 unspecified atom stereocenters. The number of hydrogen-bond acceptors (Lipinski definition) is 19. The maximum Gasteiger partial charge on any atom is 0.339 e. The molecule has 0 aliphatic carbocycles.